The predicted molar refractivity (Wildman–Crippen MR) is 114 cm³/mol. The van der Waals surface area contributed by atoms with Gasteiger partial charge >= 0.3 is 0 Å². The zero-order valence-corrected chi connectivity index (χ0v) is 17.6. The minimum atomic E-state index is 0.0747. The summed E-state index contributed by atoms with van der Waals surface area (Å²) in [6, 6.07) is 10.3. The number of hydrogen-bond acceptors (Lipinski definition) is 3. The lowest BCUT2D eigenvalue weighted by molar-refractivity contribution is -0.123. The molecule has 0 heterocycles. The number of allylic oxidation sites excluding steroid dienone is 2. The maximum Gasteiger partial charge on any atom is 0.136 e. The molecule has 3 nitrogen and oxygen atoms in total. The van der Waals surface area contributed by atoms with Crippen molar-refractivity contribution in [2.24, 2.45) is 28.6 Å². The molecule has 4 aliphatic carbocycles. The second kappa shape index (κ2) is 7.27. The van der Waals surface area contributed by atoms with Crippen LogP contribution in [0, 0.1) is 28.6 Å². The molecule has 1 N–H and O–H groups in total. The van der Waals surface area contributed by atoms with Gasteiger partial charge in [0.25, 0.3) is 0 Å². The maximum atomic E-state index is 12.2. The Morgan fingerprint density at radius 2 is 1.93 bits per heavy atom. The van der Waals surface area contributed by atoms with Gasteiger partial charge in [0.15, 0.2) is 0 Å². The topological polar surface area (TPSA) is 46.5 Å². The molecule has 0 bridgehead atoms. The highest BCUT2D eigenvalue weighted by Crippen LogP contribution is 2.65. The summed E-state index contributed by atoms with van der Waals surface area (Å²) in [4.78, 5) is 12.2. The van der Waals surface area contributed by atoms with Gasteiger partial charge in [-0.3, -0.25) is 4.79 Å². The Morgan fingerprint density at radius 3 is 2.72 bits per heavy atom. The summed E-state index contributed by atoms with van der Waals surface area (Å²) in [7, 11) is 0. The number of aliphatic hydroxyl groups excluding tert-OH is 1. The highest BCUT2D eigenvalue weighted by molar-refractivity contribution is 5.82. The second-order valence-electron chi connectivity index (χ2n) is 10.2. The zero-order valence-electron chi connectivity index (χ0n) is 17.6. The summed E-state index contributed by atoms with van der Waals surface area (Å²) in [5, 5.41) is 9.92. The molecule has 0 amide bonds. The van der Waals surface area contributed by atoms with Crippen LogP contribution in [0.5, 0.6) is 5.75 Å². The predicted octanol–water partition coefficient (Wildman–Crippen LogP) is 5.33. The standard InChI is InChI=1S/C26H34O3/c1-25-13-12-23-21(8-7-18-17-19(28)11-14-26(18,23)15-16-27)22(25)9-10-24(25)29-20-5-3-2-4-6-20/h2-7,21-24,27H,8-17H2,1H3/t21-,22-,23-,24-,25-,26+/m0/s1. The van der Waals surface area contributed by atoms with Crippen molar-refractivity contribution in [3.8, 4) is 5.75 Å². The summed E-state index contributed by atoms with van der Waals surface area (Å²) in [5.41, 5.74) is 1.67. The number of fused-ring (bicyclic) bond motifs is 5. The highest BCUT2D eigenvalue weighted by atomic mass is 16.5. The molecule has 0 aromatic heterocycles. The summed E-state index contributed by atoms with van der Waals surface area (Å²) >= 11 is 0. The highest BCUT2D eigenvalue weighted by Gasteiger charge is 2.60. The van der Waals surface area contributed by atoms with Gasteiger partial charge in [0.05, 0.1) is 0 Å². The minimum Gasteiger partial charge on any atom is -0.490 e. The molecule has 0 unspecified atom stereocenters. The lowest BCUT2D eigenvalue weighted by Crippen LogP contribution is -2.52. The van der Waals surface area contributed by atoms with E-state index in [0.717, 1.165) is 31.4 Å². The number of carbonyl (C=O) groups is 1. The fourth-order valence-corrected chi connectivity index (χ4v) is 7.76. The minimum absolute atomic E-state index is 0.0747. The normalized spacial score (nSPS) is 41.2. The van der Waals surface area contributed by atoms with Crippen LogP contribution in [0.2, 0.25) is 0 Å². The van der Waals surface area contributed by atoms with Crippen molar-refractivity contribution in [3.05, 3.63) is 42.0 Å². The van der Waals surface area contributed by atoms with Crippen LogP contribution in [0.4, 0.5) is 0 Å². The first kappa shape index (κ1) is 19.4. The molecule has 4 aliphatic rings. The Labute approximate surface area is 174 Å². The Kier molecular flexibility index (Phi) is 4.85. The van der Waals surface area contributed by atoms with Gasteiger partial charge in [0, 0.05) is 24.9 Å². The van der Waals surface area contributed by atoms with Gasteiger partial charge in [-0.1, -0.05) is 36.8 Å². The molecule has 29 heavy (non-hydrogen) atoms. The molecule has 1 aromatic rings. The molecule has 3 heteroatoms. The van der Waals surface area contributed by atoms with Crippen LogP contribution in [0.1, 0.15) is 64.7 Å². The largest absolute Gasteiger partial charge is 0.490 e. The SMILES string of the molecule is C[C@]12CC[C@H]3[C@@H](CC=C4CC(=O)CC[C@@]43CCO)[C@@H]1CC[C@@H]2Oc1ccccc1. The molecule has 3 fully saturated rings. The van der Waals surface area contributed by atoms with Crippen molar-refractivity contribution in [2.75, 3.05) is 6.61 Å². The van der Waals surface area contributed by atoms with Crippen molar-refractivity contribution in [2.45, 2.75) is 70.8 Å². The Balaban J connectivity index is 1.43. The monoisotopic (exact) mass is 394 g/mol. The first-order valence-electron chi connectivity index (χ1n) is 11.6. The van der Waals surface area contributed by atoms with Gasteiger partial charge in [0.2, 0.25) is 0 Å². The number of carbonyl (C=O) groups excluding carboxylic acids is 1. The number of para-hydroxylation sites is 1. The average Bonchev–Trinajstić information content (AvgIpc) is 3.06. The molecule has 156 valence electrons. The lowest BCUT2D eigenvalue weighted by atomic mass is 9.47. The van der Waals surface area contributed by atoms with Crippen LogP contribution >= 0.6 is 0 Å². The Bertz CT molecular complexity index is 799. The smallest absolute Gasteiger partial charge is 0.136 e. The molecular weight excluding hydrogens is 360 g/mol. The van der Waals surface area contributed by atoms with Crippen molar-refractivity contribution >= 4 is 5.78 Å². The van der Waals surface area contributed by atoms with E-state index in [9.17, 15) is 9.90 Å². The first-order valence-corrected chi connectivity index (χ1v) is 11.6. The van der Waals surface area contributed by atoms with E-state index >= 15 is 0 Å². The maximum absolute atomic E-state index is 12.2. The summed E-state index contributed by atoms with van der Waals surface area (Å²) in [6.45, 7) is 2.70. The van der Waals surface area contributed by atoms with E-state index in [2.05, 4.69) is 37.3 Å². The fraction of sp³-hybridized carbons (Fsp3) is 0.654. The van der Waals surface area contributed by atoms with E-state index in [-0.39, 0.29) is 17.4 Å². The number of rotatable bonds is 4. The molecule has 3 saturated carbocycles. The van der Waals surface area contributed by atoms with Crippen molar-refractivity contribution in [1.29, 1.82) is 0 Å². The molecule has 5 rings (SSSR count). The number of hydrogen-bond donors (Lipinski definition) is 1. The first-order chi connectivity index (χ1) is 14.1. The third-order valence-electron chi connectivity index (χ3n) is 9.15. The number of Topliss-reactive ketones (excluding diaryl/α,β-unsaturated/α-hetero) is 1. The van der Waals surface area contributed by atoms with Gasteiger partial charge < -0.3 is 9.84 Å². The molecule has 0 aliphatic heterocycles. The Hall–Kier alpha value is -1.61. The van der Waals surface area contributed by atoms with Crippen LogP contribution in [0.3, 0.4) is 0 Å². The fourth-order valence-electron chi connectivity index (χ4n) is 7.76. The average molecular weight is 395 g/mol. The van der Waals surface area contributed by atoms with Crippen LogP contribution in [0.25, 0.3) is 0 Å². The van der Waals surface area contributed by atoms with Gasteiger partial charge in [0.1, 0.15) is 17.6 Å². The second-order valence-corrected chi connectivity index (χ2v) is 10.2. The van der Waals surface area contributed by atoms with Crippen LogP contribution in [-0.4, -0.2) is 23.6 Å². The summed E-state index contributed by atoms with van der Waals surface area (Å²) < 4.78 is 6.52. The van der Waals surface area contributed by atoms with E-state index in [0.29, 0.717) is 42.5 Å². The Morgan fingerprint density at radius 1 is 1.10 bits per heavy atom. The van der Waals surface area contributed by atoms with E-state index in [1.807, 2.05) is 6.07 Å². The van der Waals surface area contributed by atoms with Crippen LogP contribution in [-0.2, 0) is 4.79 Å². The van der Waals surface area contributed by atoms with E-state index in [4.69, 9.17) is 4.74 Å². The van der Waals surface area contributed by atoms with E-state index in [1.54, 1.807) is 0 Å². The van der Waals surface area contributed by atoms with Crippen LogP contribution < -0.4 is 4.74 Å². The molecule has 0 saturated heterocycles. The van der Waals surface area contributed by atoms with Gasteiger partial charge in [-0.05, 0) is 80.2 Å². The number of aliphatic hydroxyl groups is 1. The third kappa shape index (κ3) is 3.00. The quantitative estimate of drug-likeness (QED) is 0.702. The third-order valence-corrected chi connectivity index (χ3v) is 9.15. The van der Waals surface area contributed by atoms with E-state index in [1.165, 1.54) is 24.8 Å². The van der Waals surface area contributed by atoms with Gasteiger partial charge in [-0.25, -0.2) is 0 Å². The lowest BCUT2D eigenvalue weighted by Gasteiger charge is -2.58. The van der Waals surface area contributed by atoms with E-state index < -0.39 is 0 Å². The molecular formula is C26H34O3. The van der Waals surface area contributed by atoms with Crippen molar-refractivity contribution < 1.29 is 14.6 Å². The van der Waals surface area contributed by atoms with Crippen molar-refractivity contribution in [3.63, 3.8) is 0 Å². The molecule has 6 atom stereocenters. The number of ether oxygens (including phenoxy) is 1. The van der Waals surface area contributed by atoms with Gasteiger partial charge in [-0.2, -0.15) is 0 Å². The zero-order chi connectivity index (χ0) is 20.1. The number of ketones is 1. The summed E-state index contributed by atoms with van der Waals surface area (Å²) in [6.07, 6.45) is 11.7. The molecule has 0 radical (unpaired) electrons. The van der Waals surface area contributed by atoms with Crippen molar-refractivity contribution in [1.82, 2.24) is 0 Å². The van der Waals surface area contributed by atoms with Gasteiger partial charge in [-0.15, -0.1) is 0 Å². The molecule has 1 aromatic carbocycles. The summed E-state index contributed by atoms with van der Waals surface area (Å²) in [5.74, 6) is 3.36. The molecule has 0 spiro atoms. The van der Waals surface area contributed by atoms with Crippen LogP contribution in [0.15, 0.2) is 42.0 Å². The number of benzene rings is 1.